The largest absolute Gasteiger partial charge is 0.394 e. The van der Waals surface area contributed by atoms with Gasteiger partial charge in [0.25, 0.3) is 0 Å². The second kappa shape index (κ2) is 7.67. The molecule has 5 heteroatoms. The minimum absolute atomic E-state index is 0.00376. The van der Waals surface area contributed by atoms with Gasteiger partial charge >= 0.3 is 6.03 Å². The summed E-state index contributed by atoms with van der Waals surface area (Å²) in [4.78, 5) is 11.3. The molecule has 0 aliphatic heterocycles. The van der Waals surface area contributed by atoms with Crippen molar-refractivity contribution in [1.82, 2.24) is 5.32 Å². The van der Waals surface area contributed by atoms with E-state index in [0.717, 1.165) is 5.69 Å². The van der Waals surface area contributed by atoms with Crippen LogP contribution < -0.4 is 10.6 Å². The maximum absolute atomic E-state index is 11.3. The monoisotopic (exact) mass is 224 g/mol. The van der Waals surface area contributed by atoms with E-state index in [2.05, 4.69) is 10.6 Å². The fraction of sp³-hybridized carbons (Fsp3) is 0.364. The summed E-state index contributed by atoms with van der Waals surface area (Å²) in [6.45, 7) is 1.10. The van der Waals surface area contributed by atoms with Crippen LogP contribution in [0, 0.1) is 0 Å². The van der Waals surface area contributed by atoms with Gasteiger partial charge in [-0.3, -0.25) is 0 Å². The highest BCUT2D eigenvalue weighted by Crippen LogP contribution is 2.03. The minimum atomic E-state index is -0.265. The number of carbonyl (C=O) groups is 1. The Labute approximate surface area is 94.4 Å². The van der Waals surface area contributed by atoms with Crippen molar-refractivity contribution in [2.24, 2.45) is 0 Å². The van der Waals surface area contributed by atoms with Crippen molar-refractivity contribution in [3.63, 3.8) is 0 Å². The molecule has 0 unspecified atom stereocenters. The molecule has 1 rings (SSSR count). The quantitative estimate of drug-likeness (QED) is 0.626. The summed E-state index contributed by atoms with van der Waals surface area (Å²) in [6.07, 6.45) is 0. The molecule has 1 aromatic rings. The molecule has 2 amide bonds. The zero-order valence-corrected chi connectivity index (χ0v) is 8.98. The number of hydrogen-bond acceptors (Lipinski definition) is 3. The standard InChI is InChI=1S/C11H16N2O3/c14-7-9-16-8-6-12-11(15)13-10-4-2-1-3-5-10/h1-5,14H,6-9H2,(H2,12,13,15). The molecule has 0 atom stereocenters. The van der Waals surface area contributed by atoms with Gasteiger partial charge in [0.1, 0.15) is 0 Å². The molecule has 5 nitrogen and oxygen atoms in total. The van der Waals surface area contributed by atoms with Crippen LogP contribution in [0.5, 0.6) is 0 Å². The van der Waals surface area contributed by atoms with Gasteiger partial charge < -0.3 is 20.5 Å². The van der Waals surface area contributed by atoms with Gasteiger partial charge in [0, 0.05) is 12.2 Å². The third-order valence-electron chi connectivity index (χ3n) is 1.80. The van der Waals surface area contributed by atoms with E-state index >= 15 is 0 Å². The van der Waals surface area contributed by atoms with Gasteiger partial charge in [-0.05, 0) is 12.1 Å². The highest BCUT2D eigenvalue weighted by atomic mass is 16.5. The molecule has 0 spiro atoms. The van der Waals surface area contributed by atoms with Crippen molar-refractivity contribution in [3.8, 4) is 0 Å². The fourth-order valence-corrected chi connectivity index (χ4v) is 1.10. The van der Waals surface area contributed by atoms with Crippen LogP contribution >= 0.6 is 0 Å². The van der Waals surface area contributed by atoms with Crippen LogP contribution in [0.2, 0.25) is 0 Å². The molecule has 0 aliphatic rings. The average Bonchev–Trinajstić information content (AvgIpc) is 2.30. The van der Waals surface area contributed by atoms with Crippen LogP contribution in [-0.2, 0) is 4.74 Å². The summed E-state index contributed by atoms with van der Waals surface area (Å²) in [5.41, 5.74) is 0.747. The van der Waals surface area contributed by atoms with E-state index in [0.29, 0.717) is 19.8 Å². The van der Waals surface area contributed by atoms with Crippen molar-refractivity contribution in [2.75, 3.05) is 31.7 Å². The number of amides is 2. The van der Waals surface area contributed by atoms with E-state index in [1.807, 2.05) is 30.3 Å². The second-order valence-electron chi connectivity index (χ2n) is 3.08. The Hall–Kier alpha value is -1.59. The third kappa shape index (κ3) is 5.33. The van der Waals surface area contributed by atoms with E-state index in [1.165, 1.54) is 0 Å². The number of carbonyl (C=O) groups excluding carboxylic acids is 1. The summed E-state index contributed by atoms with van der Waals surface area (Å²) in [7, 11) is 0. The Morgan fingerprint density at radius 1 is 1.25 bits per heavy atom. The number of nitrogens with one attached hydrogen (secondary N) is 2. The van der Waals surface area contributed by atoms with Crippen LogP contribution in [0.1, 0.15) is 0 Å². The molecule has 1 aromatic carbocycles. The van der Waals surface area contributed by atoms with E-state index in [1.54, 1.807) is 0 Å². The highest BCUT2D eigenvalue weighted by Gasteiger charge is 1.99. The molecular weight excluding hydrogens is 208 g/mol. The Morgan fingerprint density at radius 3 is 2.69 bits per heavy atom. The van der Waals surface area contributed by atoms with Crippen LogP contribution in [0.15, 0.2) is 30.3 Å². The van der Waals surface area contributed by atoms with Crippen molar-refractivity contribution in [1.29, 1.82) is 0 Å². The molecule has 0 fully saturated rings. The first-order valence-electron chi connectivity index (χ1n) is 5.11. The second-order valence-corrected chi connectivity index (χ2v) is 3.08. The lowest BCUT2D eigenvalue weighted by molar-refractivity contribution is 0.0950. The summed E-state index contributed by atoms with van der Waals surface area (Å²) in [5.74, 6) is 0. The van der Waals surface area contributed by atoms with Crippen molar-refractivity contribution in [2.45, 2.75) is 0 Å². The molecule has 0 aliphatic carbocycles. The normalized spacial score (nSPS) is 9.81. The van der Waals surface area contributed by atoms with Gasteiger partial charge in [0.15, 0.2) is 0 Å². The number of aliphatic hydroxyl groups excluding tert-OH is 1. The SMILES string of the molecule is O=C(NCCOCCO)Nc1ccccc1. The van der Waals surface area contributed by atoms with Gasteiger partial charge in [0.2, 0.25) is 0 Å². The number of para-hydroxylation sites is 1. The van der Waals surface area contributed by atoms with E-state index < -0.39 is 0 Å². The number of benzene rings is 1. The maximum Gasteiger partial charge on any atom is 0.319 e. The molecule has 16 heavy (non-hydrogen) atoms. The van der Waals surface area contributed by atoms with E-state index in [-0.39, 0.29) is 12.6 Å². The van der Waals surface area contributed by atoms with Crippen LogP contribution in [0.25, 0.3) is 0 Å². The smallest absolute Gasteiger partial charge is 0.319 e. The lowest BCUT2D eigenvalue weighted by Gasteiger charge is -2.07. The van der Waals surface area contributed by atoms with Gasteiger partial charge in [-0.15, -0.1) is 0 Å². The first-order valence-corrected chi connectivity index (χ1v) is 5.11. The van der Waals surface area contributed by atoms with Crippen molar-refractivity contribution >= 4 is 11.7 Å². The van der Waals surface area contributed by atoms with Crippen LogP contribution in [-0.4, -0.2) is 37.5 Å². The van der Waals surface area contributed by atoms with Gasteiger partial charge in [-0.1, -0.05) is 18.2 Å². The van der Waals surface area contributed by atoms with Gasteiger partial charge in [-0.25, -0.2) is 4.79 Å². The zero-order valence-electron chi connectivity index (χ0n) is 8.98. The Morgan fingerprint density at radius 2 is 2.00 bits per heavy atom. The number of hydrogen-bond donors (Lipinski definition) is 3. The first kappa shape index (κ1) is 12.5. The number of anilines is 1. The maximum atomic E-state index is 11.3. The number of urea groups is 1. The highest BCUT2D eigenvalue weighted by molar-refractivity contribution is 5.89. The Balaban J connectivity index is 2.12. The summed E-state index contributed by atoms with van der Waals surface area (Å²) >= 11 is 0. The number of aliphatic hydroxyl groups is 1. The summed E-state index contributed by atoms with van der Waals surface area (Å²) in [6, 6.07) is 8.92. The Bertz CT molecular complexity index is 303. The van der Waals surface area contributed by atoms with Crippen molar-refractivity contribution in [3.05, 3.63) is 30.3 Å². The molecule has 0 bridgehead atoms. The molecule has 0 saturated heterocycles. The molecule has 0 heterocycles. The van der Waals surface area contributed by atoms with Crippen LogP contribution in [0.3, 0.4) is 0 Å². The predicted octanol–water partition coefficient (Wildman–Crippen LogP) is 0.817. The van der Waals surface area contributed by atoms with E-state index in [4.69, 9.17) is 9.84 Å². The lowest BCUT2D eigenvalue weighted by Crippen LogP contribution is -2.31. The molecule has 0 saturated carbocycles. The van der Waals surface area contributed by atoms with Crippen molar-refractivity contribution < 1.29 is 14.6 Å². The first-order chi connectivity index (χ1) is 7.83. The molecular formula is C11H16N2O3. The van der Waals surface area contributed by atoms with Gasteiger partial charge in [-0.2, -0.15) is 0 Å². The molecule has 0 aromatic heterocycles. The zero-order chi connectivity index (χ0) is 11.6. The minimum Gasteiger partial charge on any atom is -0.394 e. The number of rotatable bonds is 6. The summed E-state index contributed by atoms with van der Waals surface area (Å²) in [5, 5.41) is 13.8. The van der Waals surface area contributed by atoms with Gasteiger partial charge in [0.05, 0.1) is 19.8 Å². The Kier molecular flexibility index (Phi) is 5.98. The fourth-order valence-electron chi connectivity index (χ4n) is 1.10. The molecule has 3 N–H and O–H groups in total. The molecule has 88 valence electrons. The molecule has 0 radical (unpaired) electrons. The summed E-state index contributed by atoms with van der Waals surface area (Å²) < 4.78 is 4.99. The third-order valence-corrected chi connectivity index (χ3v) is 1.80. The lowest BCUT2D eigenvalue weighted by atomic mass is 10.3. The van der Waals surface area contributed by atoms with E-state index in [9.17, 15) is 4.79 Å². The number of ether oxygens (including phenoxy) is 1. The average molecular weight is 224 g/mol. The predicted molar refractivity (Wildman–Crippen MR) is 61.4 cm³/mol. The van der Waals surface area contributed by atoms with Crippen LogP contribution in [0.4, 0.5) is 10.5 Å². The topological polar surface area (TPSA) is 70.6 Å².